The Bertz CT molecular complexity index is 127. The maximum absolute atomic E-state index is 9.82. The number of nitrogens with one attached hydrogen (secondary N) is 1. The standard InChI is InChI=1S/C5H13NO3S/c1-2-3-6-4-5-9-10(7)8/h6,10H,2-5H2,1H3. The summed E-state index contributed by atoms with van der Waals surface area (Å²) in [5, 5.41) is 3.00. The molecule has 0 aromatic heterocycles. The molecular weight excluding hydrogens is 154 g/mol. The molecule has 0 aliphatic carbocycles. The average molecular weight is 167 g/mol. The maximum Gasteiger partial charge on any atom is 0.257 e. The van der Waals surface area contributed by atoms with Gasteiger partial charge in [0.15, 0.2) is 0 Å². The highest BCUT2D eigenvalue weighted by molar-refractivity contribution is 7.67. The van der Waals surface area contributed by atoms with Crippen molar-refractivity contribution in [3.05, 3.63) is 0 Å². The third-order valence-electron chi connectivity index (χ3n) is 0.902. The third kappa shape index (κ3) is 7.87. The van der Waals surface area contributed by atoms with E-state index in [9.17, 15) is 8.42 Å². The fraction of sp³-hybridized carbons (Fsp3) is 1.00. The molecule has 0 saturated carbocycles. The van der Waals surface area contributed by atoms with Crippen LogP contribution in [0.2, 0.25) is 0 Å². The highest BCUT2D eigenvalue weighted by Gasteiger charge is 1.86. The van der Waals surface area contributed by atoms with E-state index in [4.69, 9.17) is 0 Å². The second-order valence-corrected chi connectivity index (χ2v) is 2.51. The van der Waals surface area contributed by atoms with Crippen LogP contribution in [-0.2, 0) is 15.2 Å². The number of thiol groups is 1. The highest BCUT2D eigenvalue weighted by Crippen LogP contribution is 1.72. The number of hydrogen-bond acceptors (Lipinski definition) is 4. The van der Waals surface area contributed by atoms with Gasteiger partial charge in [-0.25, -0.2) is 8.42 Å². The zero-order valence-electron chi connectivity index (χ0n) is 6.00. The summed E-state index contributed by atoms with van der Waals surface area (Å²) in [4.78, 5) is 0. The first kappa shape index (κ1) is 9.87. The smallest absolute Gasteiger partial charge is 0.257 e. The van der Waals surface area contributed by atoms with Gasteiger partial charge in [-0.1, -0.05) is 6.92 Å². The largest absolute Gasteiger partial charge is 0.314 e. The van der Waals surface area contributed by atoms with E-state index in [1.54, 1.807) is 0 Å². The molecular formula is C5H13NO3S. The van der Waals surface area contributed by atoms with Crippen LogP contribution in [0.15, 0.2) is 0 Å². The molecule has 0 aromatic rings. The van der Waals surface area contributed by atoms with Gasteiger partial charge in [-0.05, 0) is 13.0 Å². The van der Waals surface area contributed by atoms with Gasteiger partial charge < -0.3 is 5.32 Å². The van der Waals surface area contributed by atoms with Crippen LogP contribution in [0.25, 0.3) is 0 Å². The van der Waals surface area contributed by atoms with Crippen molar-refractivity contribution in [3.63, 3.8) is 0 Å². The van der Waals surface area contributed by atoms with Gasteiger partial charge in [0, 0.05) is 6.54 Å². The zero-order valence-corrected chi connectivity index (χ0v) is 6.89. The summed E-state index contributed by atoms with van der Waals surface area (Å²) in [5.74, 6) is 0. The van der Waals surface area contributed by atoms with Crippen LogP contribution in [0.4, 0.5) is 0 Å². The van der Waals surface area contributed by atoms with Gasteiger partial charge in [-0.3, -0.25) is 4.18 Å². The molecule has 62 valence electrons. The van der Waals surface area contributed by atoms with E-state index in [1.807, 2.05) is 6.92 Å². The Kier molecular flexibility index (Phi) is 6.89. The highest BCUT2D eigenvalue weighted by atomic mass is 32.2. The normalized spacial score (nSPS) is 10.6. The molecule has 0 rings (SSSR count). The van der Waals surface area contributed by atoms with Crippen LogP contribution in [0.5, 0.6) is 0 Å². The molecule has 0 bridgehead atoms. The summed E-state index contributed by atoms with van der Waals surface area (Å²) < 4.78 is 23.9. The van der Waals surface area contributed by atoms with Crippen molar-refractivity contribution in [1.29, 1.82) is 0 Å². The van der Waals surface area contributed by atoms with Crippen molar-refractivity contribution in [2.24, 2.45) is 0 Å². The van der Waals surface area contributed by atoms with Crippen LogP contribution in [0, 0.1) is 0 Å². The Balaban J connectivity index is 2.91. The fourth-order valence-corrected chi connectivity index (χ4v) is 0.734. The molecule has 0 fully saturated rings. The van der Waals surface area contributed by atoms with Gasteiger partial charge >= 0.3 is 0 Å². The topological polar surface area (TPSA) is 55.4 Å². The molecule has 4 nitrogen and oxygen atoms in total. The Morgan fingerprint density at radius 2 is 2.10 bits per heavy atom. The second kappa shape index (κ2) is 6.98. The molecule has 0 unspecified atom stereocenters. The number of hydrogen-bond donors (Lipinski definition) is 2. The summed E-state index contributed by atoms with van der Waals surface area (Å²) >= 11 is 0. The second-order valence-electron chi connectivity index (χ2n) is 1.81. The van der Waals surface area contributed by atoms with Gasteiger partial charge in [0.2, 0.25) is 0 Å². The van der Waals surface area contributed by atoms with E-state index >= 15 is 0 Å². The van der Waals surface area contributed by atoms with Crippen LogP contribution in [-0.4, -0.2) is 28.1 Å². The summed E-state index contributed by atoms with van der Waals surface area (Å²) in [6.07, 6.45) is 1.05. The summed E-state index contributed by atoms with van der Waals surface area (Å²) in [6, 6.07) is 0. The minimum atomic E-state index is -2.66. The van der Waals surface area contributed by atoms with Crippen LogP contribution in [0.3, 0.4) is 0 Å². The Labute approximate surface area is 62.7 Å². The molecule has 1 N–H and O–H groups in total. The van der Waals surface area contributed by atoms with Gasteiger partial charge in [-0.15, -0.1) is 0 Å². The summed E-state index contributed by atoms with van der Waals surface area (Å²) in [5.41, 5.74) is 0. The molecule has 0 aliphatic heterocycles. The molecule has 0 aromatic carbocycles. The first-order valence-electron chi connectivity index (χ1n) is 3.25. The lowest BCUT2D eigenvalue weighted by Gasteiger charge is -1.98. The Morgan fingerprint density at radius 1 is 1.40 bits per heavy atom. The molecule has 5 heteroatoms. The maximum atomic E-state index is 9.82. The quantitative estimate of drug-likeness (QED) is 0.415. The predicted molar refractivity (Wildman–Crippen MR) is 39.4 cm³/mol. The lowest BCUT2D eigenvalue weighted by molar-refractivity contribution is 0.329. The molecule has 10 heavy (non-hydrogen) atoms. The van der Waals surface area contributed by atoms with Crippen LogP contribution in [0.1, 0.15) is 13.3 Å². The molecule has 0 atom stereocenters. The van der Waals surface area contributed by atoms with Crippen molar-refractivity contribution in [2.45, 2.75) is 13.3 Å². The van der Waals surface area contributed by atoms with E-state index in [0.717, 1.165) is 13.0 Å². The molecule has 0 radical (unpaired) electrons. The van der Waals surface area contributed by atoms with E-state index < -0.39 is 11.0 Å². The monoisotopic (exact) mass is 167 g/mol. The number of rotatable bonds is 6. The van der Waals surface area contributed by atoms with Gasteiger partial charge in [0.05, 0.1) is 6.61 Å². The first-order chi connectivity index (χ1) is 4.77. The summed E-state index contributed by atoms with van der Waals surface area (Å²) in [7, 11) is -2.66. The van der Waals surface area contributed by atoms with Crippen molar-refractivity contribution >= 4 is 11.0 Å². The van der Waals surface area contributed by atoms with E-state index in [0.29, 0.717) is 6.54 Å². The van der Waals surface area contributed by atoms with Crippen LogP contribution < -0.4 is 5.32 Å². The average Bonchev–Trinajstić information content (AvgIpc) is 1.87. The predicted octanol–water partition coefficient (Wildman–Crippen LogP) is -0.471. The Morgan fingerprint density at radius 3 is 2.60 bits per heavy atom. The molecule has 0 amide bonds. The van der Waals surface area contributed by atoms with Crippen molar-refractivity contribution in [2.75, 3.05) is 19.7 Å². The molecule has 0 aliphatic rings. The Hall–Kier alpha value is -0.130. The third-order valence-corrected chi connectivity index (χ3v) is 1.30. The van der Waals surface area contributed by atoms with Crippen molar-refractivity contribution in [1.82, 2.24) is 5.32 Å². The van der Waals surface area contributed by atoms with E-state index in [-0.39, 0.29) is 6.61 Å². The molecule has 0 saturated heterocycles. The molecule has 0 heterocycles. The lowest BCUT2D eigenvalue weighted by atomic mass is 10.5. The van der Waals surface area contributed by atoms with Gasteiger partial charge in [0.1, 0.15) is 0 Å². The zero-order chi connectivity index (χ0) is 7.82. The molecule has 0 spiro atoms. The minimum Gasteiger partial charge on any atom is -0.314 e. The van der Waals surface area contributed by atoms with Crippen molar-refractivity contribution in [3.8, 4) is 0 Å². The minimum absolute atomic E-state index is 0.235. The van der Waals surface area contributed by atoms with E-state index in [2.05, 4.69) is 9.50 Å². The van der Waals surface area contributed by atoms with Crippen LogP contribution >= 0.6 is 0 Å². The van der Waals surface area contributed by atoms with Gasteiger partial charge in [-0.2, -0.15) is 0 Å². The first-order valence-corrected chi connectivity index (χ1v) is 4.35. The SMILES string of the molecule is CCCNCCO[SH](=O)=O. The lowest BCUT2D eigenvalue weighted by Crippen LogP contribution is -2.19. The van der Waals surface area contributed by atoms with Crippen molar-refractivity contribution < 1.29 is 12.6 Å². The fourth-order valence-electron chi connectivity index (χ4n) is 0.494. The summed E-state index contributed by atoms with van der Waals surface area (Å²) in [6.45, 7) is 3.77. The van der Waals surface area contributed by atoms with Gasteiger partial charge in [0.25, 0.3) is 11.0 Å². The van der Waals surface area contributed by atoms with E-state index in [1.165, 1.54) is 0 Å².